The third kappa shape index (κ3) is 6.96. The van der Waals surface area contributed by atoms with E-state index < -0.39 is 0 Å². The molecule has 34 heavy (non-hydrogen) atoms. The van der Waals surface area contributed by atoms with Crippen LogP contribution in [0.15, 0.2) is 24.4 Å². The number of hydrogen-bond acceptors (Lipinski definition) is 5. The van der Waals surface area contributed by atoms with Gasteiger partial charge in [0.15, 0.2) is 0 Å². The minimum Gasteiger partial charge on any atom is -0.491 e. The lowest BCUT2D eigenvalue weighted by Gasteiger charge is -2.23. The molecule has 0 saturated carbocycles. The van der Waals surface area contributed by atoms with Crippen molar-refractivity contribution in [1.29, 1.82) is 0 Å². The monoisotopic (exact) mass is 489 g/mol. The molecule has 1 aromatic heterocycles. The van der Waals surface area contributed by atoms with E-state index in [1.54, 1.807) is 34.0 Å². The van der Waals surface area contributed by atoms with Crippen molar-refractivity contribution in [1.82, 2.24) is 25.3 Å². The van der Waals surface area contributed by atoms with Gasteiger partial charge >= 0.3 is 0 Å². The second-order valence-electron chi connectivity index (χ2n) is 8.58. The SMILES string of the molecule is Cc1c(CCC(=O)N2CCCCNC(=O)c3cc(Cl)ccc3OC[C@H](C)NC(=O)C2)cnn1C. The minimum atomic E-state index is -0.320. The van der Waals surface area contributed by atoms with Crippen LogP contribution in [0.4, 0.5) is 0 Å². The minimum absolute atomic E-state index is 0.0201. The first kappa shape index (κ1) is 25.6. The molecule has 0 bridgehead atoms. The Morgan fingerprint density at radius 1 is 1.29 bits per heavy atom. The number of amides is 3. The molecule has 0 spiro atoms. The van der Waals surface area contributed by atoms with Crippen LogP contribution in [-0.4, -0.2) is 64.7 Å². The Balaban J connectivity index is 1.66. The lowest BCUT2D eigenvalue weighted by Crippen LogP contribution is -2.45. The number of carbonyl (C=O) groups is 3. The van der Waals surface area contributed by atoms with Crippen LogP contribution in [0.1, 0.15) is 47.8 Å². The van der Waals surface area contributed by atoms with Gasteiger partial charge in [0.25, 0.3) is 5.91 Å². The highest BCUT2D eigenvalue weighted by Crippen LogP contribution is 2.23. The molecule has 1 atom stereocenters. The van der Waals surface area contributed by atoms with Crippen molar-refractivity contribution in [2.45, 2.75) is 45.6 Å². The van der Waals surface area contributed by atoms with Gasteiger partial charge in [-0.2, -0.15) is 5.10 Å². The van der Waals surface area contributed by atoms with Crippen LogP contribution < -0.4 is 15.4 Å². The van der Waals surface area contributed by atoms with E-state index in [1.807, 2.05) is 20.9 Å². The van der Waals surface area contributed by atoms with Gasteiger partial charge in [-0.05, 0) is 56.9 Å². The molecule has 2 aromatic rings. The zero-order chi connectivity index (χ0) is 24.7. The molecular weight excluding hydrogens is 458 g/mol. The highest BCUT2D eigenvalue weighted by molar-refractivity contribution is 6.31. The van der Waals surface area contributed by atoms with E-state index in [-0.39, 0.29) is 36.9 Å². The zero-order valence-corrected chi connectivity index (χ0v) is 20.7. The molecule has 3 rings (SSSR count). The smallest absolute Gasteiger partial charge is 0.255 e. The summed E-state index contributed by atoms with van der Waals surface area (Å²) in [7, 11) is 1.87. The standard InChI is InChI=1S/C24H32ClN5O4/c1-16-15-34-21-8-7-19(25)12-20(21)24(33)26-10-4-5-11-30(14-22(31)28-16)23(32)9-6-18-13-27-29(3)17(18)2/h7-8,12-13,16H,4-6,9-11,14-15H2,1-3H3,(H,26,33)(H,28,31)/t16-/m0/s1. The number of fused-ring (bicyclic) bond motifs is 1. The normalized spacial score (nSPS) is 18.1. The first-order chi connectivity index (χ1) is 16.2. The van der Waals surface area contributed by atoms with Crippen molar-refractivity contribution in [3.63, 3.8) is 0 Å². The van der Waals surface area contributed by atoms with Crippen molar-refractivity contribution >= 4 is 29.3 Å². The maximum Gasteiger partial charge on any atom is 0.255 e. The van der Waals surface area contributed by atoms with Gasteiger partial charge in [-0.25, -0.2) is 0 Å². The van der Waals surface area contributed by atoms with Crippen LogP contribution in [0.3, 0.4) is 0 Å². The van der Waals surface area contributed by atoms with Crippen LogP contribution in [0.2, 0.25) is 5.02 Å². The summed E-state index contributed by atoms with van der Waals surface area (Å²) in [6, 6.07) is 4.55. The fourth-order valence-electron chi connectivity index (χ4n) is 3.76. The molecule has 0 unspecified atom stereocenters. The van der Waals surface area contributed by atoms with Crippen LogP contribution in [0.5, 0.6) is 5.75 Å². The van der Waals surface area contributed by atoms with Gasteiger partial charge in [0.05, 0.1) is 24.3 Å². The van der Waals surface area contributed by atoms with Gasteiger partial charge < -0.3 is 20.3 Å². The van der Waals surface area contributed by atoms with Crippen molar-refractivity contribution in [2.75, 3.05) is 26.2 Å². The Morgan fingerprint density at radius 2 is 2.09 bits per heavy atom. The Morgan fingerprint density at radius 3 is 2.82 bits per heavy atom. The molecule has 2 heterocycles. The van der Waals surface area contributed by atoms with Crippen molar-refractivity contribution in [2.24, 2.45) is 7.05 Å². The lowest BCUT2D eigenvalue weighted by molar-refractivity contribution is -0.136. The fourth-order valence-corrected chi connectivity index (χ4v) is 3.93. The molecule has 1 aliphatic heterocycles. The first-order valence-corrected chi connectivity index (χ1v) is 11.9. The molecular formula is C24H32ClN5O4. The summed E-state index contributed by atoms with van der Waals surface area (Å²) in [5, 5.41) is 10.4. The first-order valence-electron chi connectivity index (χ1n) is 11.5. The summed E-state index contributed by atoms with van der Waals surface area (Å²) < 4.78 is 7.58. The molecule has 0 fully saturated rings. The van der Waals surface area contributed by atoms with Gasteiger partial charge in [-0.1, -0.05) is 11.6 Å². The Labute approximate surface area is 204 Å². The molecule has 184 valence electrons. The van der Waals surface area contributed by atoms with Gasteiger partial charge in [0.1, 0.15) is 12.4 Å². The second-order valence-corrected chi connectivity index (χ2v) is 9.01. The third-order valence-electron chi connectivity index (χ3n) is 5.86. The predicted molar refractivity (Wildman–Crippen MR) is 129 cm³/mol. The molecule has 0 radical (unpaired) electrons. The molecule has 10 heteroatoms. The molecule has 9 nitrogen and oxygen atoms in total. The van der Waals surface area contributed by atoms with E-state index in [9.17, 15) is 14.4 Å². The summed E-state index contributed by atoms with van der Waals surface area (Å²) >= 11 is 6.07. The topological polar surface area (TPSA) is 106 Å². The number of nitrogens with one attached hydrogen (secondary N) is 2. The quantitative estimate of drug-likeness (QED) is 0.688. The zero-order valence-electron chi connectivity index (χ0n) is 19.9. The molecule has 0 aliphatic carbocycles. The number of nitrogens with zero attached hydrogens (tertiary/aromatic N) is 3. The van der Waals surface area contributed by atoms with E-state index in [0.29, 0.717) is 55.1 Å². The number of ether oxygens (including phenoxy) is 1. The number of halogens is 1. The Bertz CT molecular complexity index is 1040. The third-order valence-corrected chi connectivity index (χ3v) is 6.09. The number of aryl methyl sites for hydroxylation is 2. The van der Waals surface area contributed by atoms with Crippen LogP contribution in [0, 0.1) is 6.92 Å². The Hall–Kier alpha value is -3.07. The number of aromatic nitrogens is 2. The van der Waals surface area contributed by atoms with E-state index in [4.69, 9.17) is 16.3 Å². The molecule has 0 saturated heterocycles. The van der Waals surface area contributed by atoms with E-state index in [2.05, 4.69) is 15.7 Å². The van der Waals surface area contributed by atoms with Gasteiger partial charge in [-0.15, -0.1) is 0 Å². The second kappa shape index (κ2) is 11.9. The summed E-state index contributed by atoms with van der Waals surface area (Å²) in [4.78, 5) is 39.9. The van der Waals surface area contributed by atoms with Gasteiger partial charge in [0.2, 0.25) is 11.8 Å². The average molecular weight is 490 g/mol. The van der Waals surface area contributed by atoms with Crippen LogP contribution in [0.25, 0.3) is 0 Å². The van der Waals surface area contributed by atoms with Crippen LogP contribution in [-0.2, 0) is 23.1 Å². The van der Waals surface area contributed by atoms with E-state index >= 15 is 0 Å². The summed E-state index contributed by atoms with van der Waals surface area (Å²) in [6.07, 6.45) is 3.95. The predicted octanol–water partition coefficient (Wildman–Crippen LogP) is 2.25. The van der Waals surface area contributed by atoms with E-state index in [1.165, 1.54) is 0 Å². The maximum atomic E-state index is 13.0. The van der Waals surface area contributed by atoms with Gasteiger partial charge in [0, 0.05) is 37.3 Å². The number of benzene rings is 1. The van der Waals surface area contributed by atoms with Crippen molar-refractivity contribution < 1.29 is 19.1 Å². The summed E-state index contributed by atoms with van der Waals surface area (Å²) in [5.41, 5.74) is 2.39. The fraction of sp³-hybridized carbons (Fsp3) is 0.500. The van der Waals surface area contributed by atoms with Gasteiger partial charge in [-0.3, -0.25) is 19.1 Å². The average Bonchev–Trinajstić information content (AvgIpc) is 3.12. The van der Waals surface area contributed by atoms with Crippen LogP contribution >= 0.6 is 11.6 Å². The highest BCUT2D eigenvalue weighted by atomic mass is 35.5. The lowest BCUT2D eigenvalue weighted by atomic mass is 10.1. The number of hydrogen-bond donors (Lipinski definition) is 2. The summed E-state index contributed by atoms with van der Waals surface area (Å²) in [5.74, 6) is -0.204. The molecule has 1 aliphatic rings. The Kier molecular flexibility index (Phi) is 8.92. The largest absolute Gasteiger partial charge is 0.491 e. The van der Waals surface area contributed by atoms with Crippen molar-refractivity contribution in [3.8, 4) is 5.75 Å². The maximum absolute atomic E-state index is 13.0. The number of carbonyl (C=O) groups excluding carboxylic acids is 3. The molecule has 1 aromatic carbocycles. The van der Waals surface area contributed by atoms with E-state index in [0.717, 1.165) is 11.3 Å². The molecule has 2 N–H and O–H groups in total. The number of rotatable bonds is 3. The highest BCUT2D eigenvalue weighted by Gasteiger charge is 2.20. The summed E-state index contributed by atoms with van der Waals surface area (Å²) in [6.45, 7) is 4.79. The van der Waals surface area contributed by atoms with Crippen molar-refractivity contribution in [3.05, 3.63) is 46.2 Å². The molecule has 3 amide bonds.